The van der Waals surface area contributed by atoms with E-state index in [4.69, 9.17) is 4.52 Å². The first-order valence-electron chi connectivity index (χ1n) is 10.6. The highest BCUT2D eigenvalue weighted by molar-refractivity contribution is 7.89. The van der Waals surface area contributed by atoms with Gasteiger partial charge in [-0.15, -0.1) is 0 Å². The van der Waals surface area contributed by atoms with Crippen LogP contribution in [0.5, 0.6) is 0 Å². The summed E-state index contributed by atoms with van der Waals surface area (Å²) in [5, 5.41) is 6.85. The van der Waals surface area contributed by atoms with Crippen LogP contribution in [0.2, 0.25) is 0 Å². The molecule has 1 aliphatic heterocycles. The van der Waals surface area contributed by atoms with Gasteiger partial charge in [0.05, 0.1) is 10.6 Å². The molecule has 8 heteroatoms. The van der Waals surface area contributed by atoms with Crippen molar-refractivity contribution < 1.29 is 17.7 Å². The molecule has 1 N–H and O–H groups in total. The van der Waals surface area contributed by atoms with Gasteiger partial charge in [0.25, 0.3) is 0 Å². The number of rotatable bonds is 8. The number of hydrogen-bond acceptors (Lipinski definition) is 5. The maximum Gasteiger partial charge on any atom is 0.243 e. The van der Waals surface area contributed by atoms with E-state index in [9.17, 15) is 13.2 Å². The number of carbonyl (C=O) groups is 1. The van der Waals surface area contributed by atoms with Crippen LogP contribution in [0.15, 0.2) is 33.7 Å². The second-order valence-corrected chi connectivity index (χ2v) is 9.91. The van der Waals surface area contributed by atoms with Crippen molar-refractivity contribution in [3.63, 3.8) is 0 Å². The van der Waals surface area contributed by atoms with Crippen LogP contribution in [0.1, 0.15) is 54.7 Å². The van der Waals surface area contributed by atoms with Gasteiger partial charge in [-0.2, -0.15) is 4.31 Å². The molecule has 7 nitrogen and oxygen atoms in total. The molecule has 1 aromatic heterocycles. The van der Waals surface area contributed by atoms with E-state index in [-0.39, 0.29) is 11.9 Å². The molecule has 3 rings (SSSR count). The van der Waals surface area contributed by atoms with Gasteiger partial charge >= 0.3 is 0 Å². The molecule has 1 atom stereocenters. The summed E-state index contributed by atoms with van der Waals surface area (Å²) in [6, 6.07) is 6.91. The number of sulfonamides is 1. The summed E-state index contributed by atoms with van der Waals surface area (Å²) in [4.78, 5) is 12.6. The normalized spacial score (nSPS) is 17.8. The minimum absolute atomic E-state index is 0.0428. The lowest BCUT2D eigenvalue weighted by Crippen LogP contribution is -2.45. The van der Waals surface area contributed by atoms with Crippen molar-refractivity contribution in [2.75, 3.05) is 13.1 Å². The number of carbonyl (C=O) groups excluding carboxylic acids is 1. The summed E-state index contributed by atoms with van der Waals surface area (Å²) >= 11 is 0. The predicted molar refractivity (Wildman–Crippen MR) is 115 cm³/mol. The molecule has 0 bridgehead atoms. The maximum absolute atomic E-state index is 13.1. The van der Waals surface area contributed by atoms with Crippen molar-refractivity contribution >= 4 is 15.9 Å². The van der Waals surface area contributed by atoms with Crippen LogP contribution in [0.3, 0.4) is 0 Å². The Labute approximate surface area is 178 Å². The molecule has 30 heavy (non-hydrogen) atoms. The fourth-order valence-electron chi connectivity index (χ4n) is 3.99. The van der Waals surface area contributed by atoms with Crippen LogP contribution in [0.4, 0.5) is 0 Å². The first-order chi connectivity index (χ1) is 14.3. The summed E-state index contributed by atoms with van der Waals surface area (Å²) in [6.45, 7) is 6.65. The fourth-order valence-corrected chi connectivity index (χ4v) is 5.71. The quantitative estimate of drug-likeness (QED) is 0.690. The Morgan fingerprint density at radius 2 is 1.93 bits per heavy atom. The van der Waals surface area contributed by atoms with Crippen molar-refractivity contribution in [2.24, 2.45) is 0 Å². The van der Waals surface area contributed by atoms with Crippen LogP contribution in [-0.4, -0.2) is 42.9 Å². The van der Waals surface area contributed by atoms with Crippen molar-refractivity contribution in [3.05, 3.63) is 46.8 Å². The Kier molecular flexibility index (Phi) is 7.31. The highest BCUT2D eigenvalue weighted by Crippen LogP contribution is 2.27. The standard InChI is InChI=1S/C22H31N3O4S/c1-16-7-9-20(10-8-16)30(27,28)25-15-5-4-6-19(25)13-14-23-22(26)12-11-21-17(2)24-29-18(21)3/h7-10,19H,4-6,11-15H2,1-3H3,(H,23,26). The first-order valence-corrected chi connectivity index (χ1v) is 12.0. The van der Waals surface area contributed by atoms with Crippen molar-refractivity contribution in [1.82, 2.24) is 14.8 Å². The molecule has 0 saturated carbocycles. The van der Waals surface area contributed by atoms with Crippen molar-refractivity contribution in [2.45, 2.75) is 70.2 Å². The number of aryl methyl sites for hydroxylation is 3. The lowest BCUT2D eigenvalue weighted by atomic mass is 10.0. The van der Waals surface area contributed by atoms with E-state index in [2.05, 4.69) is 10.5 Å². The molecular formula is C22H31N3O4S. The molecule has 1 aromatic carbocycles. The average molecular weight is 434 g/mol. The number of aromatic nitrogens is 1. The van der Waals surface area contributed by atoms with Gasteiger partial charge in [0.1, 0.15) is 5.76 Å². The number of nitrogens with one attached hydrogen (secondary N) is 1. The van der Waals surface area contributed by atoms with E-state index in [1.807, 2.05) is 32.9 Å². The molecule has 0 radical (unpaired) electrons. The van der Waals surface area contributed by atoms with Gasteiger partial charge in [-0.3, -0.25) is 4.79 Å². The topological polar surface area (TPSA) is 92.5 Å². The summed E-state index contributed by atoms with van der Waals surface area (Å²) < 4.78 is 33.0. The van der Waals surface area contributed by atoms with Crippen LogP contribution in [-0.2, 0) is 21.2 Å². The monoisotopic (exact) mass is 433 g/mol. The molecule has 0 spiro atoms. The number of nitrogens with zero attached hydrogens (tertiary/aromatic N) is 2. The third kappa shape index (κ3) is 5.29. The Bertz CT molecular complexity index is 947. The lowest BCUT2D eigenvalue weighted by molar-refractivity contribution is -0.121. The van der Waals surface area contributed by atoms with E-state index in [1.165, 1.54) is 0 Å². The van der Waals surface area contributed by atoms with Crippen LogP contribution in [0, 0.1) is 20.8 Å². The average Bonchev–Trinajstić information content (AvgIpc) is 3.04. The Balaban J connectivity index is 1.54. The summed E-state index contributed by atoms with van der Waals surface area (Å²) in [5.41, 5.74) is 2.83. The van der Waals surface area contributed by atoms with E-state index in [1.54, 1.807) is 16.4 Å². The molecule has 164 valence electrons. The fraction of sp³-hybridized carbons (Fsp3) is 0.545. The van der Waals surface area contributed by atoms with Crippen molar-refractivity contribution in [3.8, 4) is 0 Å². The van der Waals surface area contributed by atoms with E-state index in [0.717, 1.165) is 41.8 Å². The molecule has 1 fully saturated rings. The lowest BCUT2D eigenvalue weighted by Gasteiger charge is -2.34. The highest BCUT2D eigenvalue weighted by atomic mass is 32.2. The minimum Gasteiger partial charge on any atom is -0.361 e. The van der Waals surface area contributed by atoms with Gasteiger partial charge in [-0.25, -0.2) is 8.42 Å². The second-order valence-electron chi connectivity index (χ2n) is 8.02. The molecule has 2 heterocycles. The number of benzene rings is 1. The Hall–Kier alpha value is -2.19. The van der Waals surface area contributed by atoms with E-state index in [0.29, 0.717) is 37.2 Å². The molecule has 1 saturated heterocycles. The summed E-state index contributed by atoms with van der Waals surface area (Å²) in [7, 11) is -3.52. The van der Waals surface area contributed by atoms with Crippen LogP contribution in [0.25, 0.3) is 0 Å². The molecule has 2 aromatic rings. The third-order valence-corrected chi connectivity index (χ3v) is 7.75. The molecule has 1 unspecified atom stereocenters. The molecule has 1 amide bonds. The largest absolute Gasteiger partial charge is 0.361 e. The smallest absolute Gasteiger partial charge is 0.243 e. The van der Waals surface area contributed by atoms with Gasteiger partial charge in [-0.05, 0) is 58.6 Å². The van der Waals surface area contributed by atoms with Crippen LogP contribution >= 0.6 is 0 Å². The second kappa shape index (κ2) is 9.75. The highest BCUT2D eigenvalue weighted by Gasteiger charge is 2.33. The van der Waals surface area contributed by atoms with Gasteiger partial charge in [0.2, 0.25) is 15.9 Å². The predicted octanol–water partition coefficient (Wildman–Crippen LogP) is 3.28. The van der Waals surface area contributed by atoms with Gasteiger partial charge in [0, 0.05) is 31.1 Å². The van der Waals surface area contributed by atoms with Gasteiger partial charge < -0.3 is 9.84 Å². The molecule has 1 aliphatic rings. The number of piperidine rings is 1. The SMILES string of the molecule is Cc1ccc(S(=O)(=O)N2CCCCC2CCNC(=O)CCc2c(C)noc2C)cc1. The van der Waals surface area contributed by atoms with Gasteiger partial charge in [-0.1, -0.05) is 29.3 Å². The zero-order chi connectivity index (χ0) is 21.7. The van der Waals surface area contributed by atoms with Crippen LogP contribution < -0.4 is 5.32 Å². The Morgan fingerprint density at radius 1 is 1.20 bits per heavy atom. The summed E-state index contributed by atoms with van der Waals surface area (Å²) in [6.07, 6.45) is 4.25. The Morgan fingerprint density at radius 3 is 2.60 bits per heavy atom. The van der Waals surface area contributed by atoms with E-state index >= 15 is 0 Å². The maximum atomic E-state index is 13.1. The summed E-state index contributed by atoms with van der Waals surface area (Å²) in [5.74, 6) is 0.707. The van der Waals surface area contributed by atoms with Gasteiger partial charge in [0.15, 0.2) is 0 Å². The zero-order valence-electron chi connectivity index (χ0n) is 18.0. The number of amides is 1. The van der Waals surface area contributed by atoms with Crippen molar-refractivity contribution in [1.29, 1.82) is 0 Å². The number of hydrogen-bond donors (Lipinski definition) is 1. The molecular weight excluding hydrogens is 402 g/mol. The zero-order valence-corrected chi connectivity index (χ0v) is 18.8. The van der Waals surface area contributed by atoms with E-state index < -0.39 is 10.0 Å². The first kappa shape index (κ1) is 22.5. The molecule has 0 aliphatic carbocycles. The third-order valence-electron chi connectivity index (χ3n) is 5.78. The minimum atomic E-state index is -3.52.